The van der Waals surface area contributed by atoms with Crippen molar-refractivity contribution >= 4 is 27.6 Å². The SMILES string of the molecule is Nc1ccc2ccc3nncc3c2[nH]1. The van der Waals surface area contributed by atoms with Crippen LogP contribution >= 0.6 is 0 Å². The van der Waals surface area contributed by atoms with Crippen LogP contribution in [-0.2, 0) is 0 Å². The zero-order valence-corrected chi connectivity index (χ0v) is 7.36. The Kier molecular flexibility index (Phi) is 1.28. The van der Waals surface area contributed by atoms with Gasteiger partial charge in [0.15, 0.2) is 0 Å². The van der Waals surface area contributed by atoms with Gasteiger partial charge in [-0.15, -0.1) is 0 Å². The Balaban J connectivity index is 2.60. The molecule has 0 aliphatic heterocycles. The molecule has 0 saturated heterocycles. The first kappa shape index (κ1) is 7.32. The molecular weight excluding hydrogens is 176 g/mol. The van der Waals surface area contributed by atoms with E-state index in [1.165, 1.54) is 0 Å². The van der Waals surface area contributed by atoms with E-state index in [0.29, 0.717) is 5.82 Å². The van der Waals surface area contributed by atoms with E-state index in [-0.39, 0.29) is 0 Å². The third-order valence-electron chi connectivity index (χ3n) is 2.32. The van der Waals surface area contributed by atoms with Crippen LogP contribution in [0.15, 0.2) is 30.5 Å². The van der Waals surface area contributed by atoms with E-state index in [4.69, 9.17) is 5.73 Å². The molecule has 0 spiro atoms. The Labute approximate surface area is 79.8 Å². The van der Waals surface area contributed by atoms with Gasteiger partial charge < -0.3 is 10.7 Å². The Hall–Kier alpha value is -2.10. The molecule has 0 aliphatic rings. The molecule has 2 aromatic heterocycles. The lowest BCUT2D eigenvalue weighted by atomic mass is 10.1. The predicted molar refractivity (Wildman–Crippen MR) is 55.8 cm³/mol. The van der Waals surface area contributed by atoms with Crippen LogP contribution in [0.1, 0.15) is 0 Å². The predicted octanol–water partition coefficient (Wildman–Crippen LogP) is 1.69. The molecule has 0 unspecified atom stereocenters. The summed E-state index contributed by atoms with van der Waals surface area (Å²) in [5, 5.41) is 9.98. The maximum absolute atomic E-state index is 5.69. The number of rotatable bonds is 0. The van der Waals surface area contributed by atoms with Crippen LogP contribution < -0.4 is 5.73 Å². The number of nitrogens with zero attached hydrogens (tertiary/aromatic N) is 2. The summed E-state index contributed by atoms with van der Waals surface area (Å²) < 4.78 is 0. The summed E-state index contributed by atoms with van der Waals surface area (Å²) in [5.74, 6) is 0.645. The van der Waals surface area contributed by atoms with Crippen LogP contribution in [0.4, 0.5) is 5.82 Å². The van der Waals surface area contributed by atoms with Crippen molar-refractivity contribution in [1.82, 2.24) is 15.2 Å². The molecule has 0 radical (unpaired) electrons. The average Bonchev–Trinajstić information content (AvgIpc) is 2.65. The van der Waals surface area contributed by atoms with E-state index < -0.39 is 0 Å². The van der Waals surface area contributed by atoms with Crippen molar-refractivity contribution < 1.29 is 0 Å². The number of nitrogens with two attached hydrogens (primary N) is 1. The van der Waals surface area contributed by atoms with Crippen molar-refractivity contribution in [1.29, 1.82) is 0 Å². The molecule has 0 atom stereocenters. The third-order valence-corrected chi connectivity index (χ3v) is 2.32. The normalized spacial score (nSPS) is 11.1. The number of fused-ring (bicyclic) bond motifs is 3. The van der Waals surface area contributed by atoms with Crippen LogP contribution in [0.5, 0.6) is 0 Å². The number of pyridine rings is 1. The van der Waals surface area contributed by atoms with E-state index in [2.05, 4.69) is 15.2 Å². The molecule has 3 aromatic rings. The van der Waals surface area contributed by atoms with Gasteiger partial charge in [-0.1, -0.05) is 6.07 Å². The Morgan fingerprint density at radius 1 is 1.14 bits per heavy atom. The number of hydrogen-bond donors (Lipinski definition) is 2. The summed E-state index contributed by atoms with van der Waals surface area (Å²) in [6.45, 7) is 0. The molecule has 4 heteroatoms. The lowest BCUT2D eigenvalue weighted by molar-refractivity contribution is 1.12. The highest BCUT2D eigenvalue weighted by Crippen LogP contribution is 2.22. The summed E-state index contributed by atoms with van der Waals surface area (Å²) >= 11 is 0. The number of aromatic nitrogens is 3. The molecule has 0 bridgehead atoms. The van der Waals surface area contributed by atoms with Gasteiger partial charge in [-0.2, -0.15) is 10.2 Å². The molecule has 0 aliphatic carbocycles. The fourth-order valence-corrected chi connectivity index (χ4v) is 1.64. The van der Waals surface area contributed by atoms with Crippen molar-refractivity contribution in [2.75, 3.05) is 5.73 Å². The molecule has 4 nitrogen and oxygen atoms in total. The van der Waals surface area contributed by atoms with E-state index >= 15 is 0 Å². The number of benzene rings is 1. The molecule has 3 N–H and O–H groups in total. The fraction of sp³-hybridized carbons (Fsp3) is 0. The number of anilines is 1. The largest absolute Gasteiger partial charge is 0.385 e. The summed E-state index contributed by atoms with van der Waals surface area (Å²) in [6.07, 6.45) is 1.74. The number of H-pyrrole nitrogens is 1. The van der Waals surface area contributed by atoms with E-state index in [9.17, 15) is 0 Å². The number of nitrogen functional groups attached to an aromatic ring is 1. The van der Waals surface area contributed by atoms with Gasteiger partial charge in [-0.3, -0.25) is 0 Å². The van der Waals surface area contributed by atoms with Gasteiger partial charge in [0.1, 0.15) is 5.82 Å². The quantitative estimate of drug-likeness (QED) is 0.558. The third kappa shape index (κ3) is 0.877. The van der Waals surface area contributed by atoms with E-state index in [1.807, 2.05) is 24.3 Å². The van der Waals surface area contributed by atoms with Gasteiger partial charge in [0.25, 0.3) is 0 Å². The van der Waals surface area contributed by atoms with Gasteiger partial charge in [-0.05, 0) is 23.6 Å². The molecule has 0 saturated carbocycles. The smallest absolute Gasteiger partial charge is 0.100 e. The Morgan fingerprint density at radius 3 is 2.93 bits per heavy atom. The molecule has 0 amide bonds. The first-order chi connectivity index (χ1) is 6.84. The van der Waals surface area contributed by atoms with Crippen molar-refractivity contribution in [2.45, 2.75) is 0 Å². The molecule has 2 heterocycles. The minimum absolute atomic E-state index is 0.645. The lowest BCUT2D eigenvalue weighted by Gasteiger charge is -2.00. The number of nitrogens with one attached hydrogen (secondary N) is 1. The van der Waals surface area contributed by atoms with Gasteiger partial charge in [0.2, 0.25) is 0 Å². The molecular formula is C10H8N4. The summed E-state index contributed by atoms with van der Waals surface area (Å²) in [5.41, 5.74) is 7.57. The zero-order valence-electron chi connectivity index (χ0n) is 7.36. The van der Waals surface area contributed by atoms with Gasteiger partial charge in [0, 0.05) is 5.39 Å². The maximum atomic E-state index is 5.69. The highest BCUT2D eigenvalue weighted by molar-refractivity contribution is 6.03. The summed E-state index contributed by atoms with van der Waals surface area (Å²) in [7, 11) is 0. The number of hydrogen-bond acceptors (Lipinski definition) is 3. The number of aromatic amines is 1. The van der Waals surface area contributed by atoms with Gasteiger partial charge in [-0.25, -0.2) is 0 Å². The van der Waals surface area contributed by atoms with Crippen LogP contribution in [0.2, 0.25) is 0 Å². The average molecular weight is 184 g/mol. The topological polar surface area (TPSA) is 67.6 Å². The first-order valence-electron chi connectivity index (χ1n) is 4.33. The highest BCUT2D eigenvalue weighted by atomic mass is 15.1. The van der Waals surface area contributed by atoms with E-state index in [1.54, 1.807) is 6.20 Å². The fourth-order valence-electron chi connectivity index (χ4n) is 1.64. The van der Waals surface area contributed by atoms with Crippen molar-refractivity contribution in [2.24, 2.45) is 0 Å². The second-order valence-corrected chi connectivity index (χ2v) is 3.22. The first-order valence-corrected chi connectivity index (χ1v) is 4.33. The lowest BCUT2D eigenvalue weighted by Crippen LogP contribution is -1.89. The van der Waals surface area contributed by atoms with Gasteiger partial charge in [0.05, 0.1) is 17.2 Å². The maximum Gasteiger partial charge on any atom is 0.100 e. The van der Waals surface area contributed by atoms with E-state index in [0.717, 1.165) is 21.8 Å². The summed E-state index contributed by atoms with van der Waals surface area (Å²) in [6, 6.07) is 7.78. The minimum atomic E-state index is 0.645. The Bertz CT molecular complexity index is 612. The second kappa shape index (κ2) is 2.45. The summed E-state index contributed by atoms with van der Waals surface area (Å²) in [4.78, 5) is 3.12. The molecule has 14 heavy (non-hydrogen) atoms. The minimum Gasteiger partial charge on any atom is -0.385 e. The monoisotopic (exact) mass is 184 g/mol. The van der Waals surface area contributed by atoms with Crippen LogP contribution in [-0.4, -0.2) is 15.2 Å². The zero-order chi connectivity index (χ0) is 9.54. The molecule has 1 aromatic carbocycles. The van der Waals surface area contributed by atoms with Crippen molar-refractivity contribution in [3.8, 4) is 0 Å². The molecule has 3 rings (SSSR count). The Morgan fingerprint density at radius 2 is 2.00 bits per heavy atom. The van der Waals surface area contributed by atoms with Crippen molar-refractivity contribution in [3.63, 3.8) is 0 Å². The standard InChI is InChI=1S/C10H8N4/c11-9-4-2-6-1-3-8-7(5-12-14-8)10(6)13-9/h1-5,13H,11H2. The highest BCUT2D eigenvalue weighted by Gasteiger charge is 2.02. The van der Waals surface area contributed by atoms with Crippen LogP contribution in [0.3, 0.4) is 0 Å². The molecule has 0 fully saturated rings. The van der Waals surface area contributed by atoms with Crippen molar-refractivity contribution in [3.05, 3.63) is 30.5 Å². The van der Waals surface area contributed by atoms with Crippen LogP contribution in [0, 0.1) is 0 Å². The molecule has 68 valence electrons. The van der Waals surface area contributed by atoms with Gasteiger partial charge >= 0.3 is 0 Å². The van der Waals surface area contributed by atoms with Crippen LogP contribution in [0.25, 0.3) is 21.8 Å². The second-order valence-electron chi connectivity index (χ2n) is 3.22.